The molecule has 0 atom stereocenters. The van der Waals surface area contributed by atoms with E-state index in [0.29, 0.717) is 17.9 Å². The first-order valence-corrected chi connectivity index (χ1v) is 7.69. The molecule has 2 aromatic carbocycles. The molecule has 1 aromatic heterocycles. The molecular weight excluding hydrogens is 327 g/mol. The summed E-state index contributed by atoms with van der Waals surface area (Å²) in [6.07, 6.45) is -3.24. The molecule has 0 saturated heterocycles. The van der Waals surface area contributed by atoms with Crippen molar-refractivity contribution in [1.82, 2.24) is 9.55 Å². The number of aromatic nitrogens is 2. The molecular formula is C19H14F3N3. The fraction of sp³-hybridized carbons (Fsp3) is 0.158. The summed E-state index contributed by atoms with van der Waals surface area (Å²) in [4.78, 5) is 4.43. The lowest BCUT2D eigenvalue weighted by atomic mass is 10.0. The van der Waals surface area contributed by atoms with E-state index in [9.17, 15) is 18.4 Å². The third kappa shape index (κ3) is 3.13. The topological polar surface area (TPSA) is 41.6 Å². The van der Waals surface area contributed by atoms with Crippen LogP contribution >= 0.6 is 0 Å². The first-order chi connectivity index (χ1) is 12.0. The summed E-state index contributed by atoms with van der Waals surface area (Å²) in [6.45, 7) is 2.45. The standard InChI is InChI=1S/C19H14F3N3/c1-2-25-17-10-6-5-9-16(17)24-18(25)14(12-23)11-13-7-3-4-8-15(13)19(20,21)22/h3-11H,2H2,1H3/b14-11+. The summed E-state index contributed by atoms with van der Waals surface area (Å²) in [5, 5.41) is 9.53. The van der Waals surface area contributed by atoms with Crippen LogP contribution in [0.3, 0.4) is 0 Å². The van der Waals surface area contributed by atoms with Crippen LogP contribution < -0.4 is 0 Å². The molecule has 1 heterocycles. The fourth-order valence-corrected chi connectivity index (χ4v) is 2.78. The lowest BCUT2D eigenvalue weighted by Crippen LogP contribution is -2.07. The van der Waals surface area contributed by atoms with Crippen LogP contribution in [0.4, 0.5) is 13.2 Å². The van der Waals surface area contributed by atoms with Gasteiger partial charge in [-0.15, -0.1) is 0 Å². The number of allylic oxidation sites excluding steroid dienone is 1. The third-order valence-electron chi connectivity index (χ3n) is 3.90. The Balaban J connectivity index is 2.20. The van der Waals surface area contributed by atoms with Crippen molar-refractivity contribution in [3.63, 3.8) is 0 Å². The number of nitrogens with zero attached hydrogens (tertiary/aromatic N) is 3. The zero-order valence-electron chi connectivity index (χ0n) is 13.4. The number of nitriles is 1. The molecule has 6 heteroatoms. The van der Waals surface area contributed by atoms with E-state index in [-0.39, 0.29) is 11.1 Å². The summed E-state index contributed by atoms with van der Waals surface area (Å²) in [7, 11) is 0. The molecule has 0 radical (unpaired) electrons. The van der Waals surface area contributed by atoms with Crippen molar-refractivity contribution < 1.29 is 13.2 Å². The van der Waals surface area contributed by atoms with Crippen LogP contribution in [0.2, 0.25) is 0 Å². The molecule has 0 fully saturated rings. The zero-order valence-corrected chi connectivity index (χ0v) is 13.4. The van der Waals surface area contributed by atoms with Gasteiger partial charge in [0.1, 0.15) is 6.07 Å². The second-order valence-corrected chi connectivity index (χ2v) is 5.42. The van der Waals surface area contributed by atoms with Crippen molar-refractivity contribution in [2.75, 3.05) is 0 Å². The molecule has 0 aliphatic rings. The van der Waals surface area contributed by atoms with Crippen LogP contribution in [0.15, 0.2) is 48.5 Å². The number of hydrogen-bond donors (Lipinski definition) is 0. The van der Waals surface area contributed by atoms with Gasteiger partial charge in [-0.2, -0.15) is 18.4 Å². The second kappa shape index (κ2) is 6.44. The predicted molar refractivity (Wildman–Crippen MR) is 90.3 cm³/mol. The first kappa shape index (κ1) is 16.8. The minimum atomic E-state index is -4.49. The Kier molecular flexibility index (Phi) is 4.32. The lowest BCUT2D eigenvalue weighted by molar-refractivity contribution is -0.137. The number of aryl methyl sites for hydroxylation is 1. The van der Waals surface area contributed by atoms with E-state index >= 15 is 0 Å². The Bertz CT molecular complexity index is 991. The molecule has 0 unspecified atom stereocenters. The molecule has 3 rings (SSSR count). The number of imidazole rings is 1. The average Bonchev–Trinajstić information content (AvgIpc) is 2.97. The van der Waals surface area contributed by atoms with Gasteiger partial charge in [-0.05, 0) is 36.8 Å². The number of para-hydroxylation sites is 2. The van der Waals surface area contributed by atoms with Crippen molar-refractivity contribution in [1.29, 1.82) is 5.26 Å². The van der Waals surface area contributed by atoms with Crippen LogP contribution in [0.25, 0.3) is 22.7 Å². The molecule has 0 bridgehead atoms. The number of benzene rings is 2. The highest BCUT2D eigenvalue weighted by molar-refractivity contribution is 5.91. The normalized spacial score (nSPS) is 12.4. The van der Waals surface area contributed by atoms with E-state index in [4.69, 9.17) is 0 Å². The summed E-state index contributed by atoms with van der Waals surface area (Å²) in [5.41, 5.74) is 0.799. The quantitative estimate of drug-likeness (QED) is 0.619. The van der Waals surface area contributed by atoms with Gasteiger partial charge in [0.2, 0.25) is 0 Å². The minimum Gasteiger partial charge on any atom is -0.324 e. The van der Waals surface area contributed by atoms with E-state index in [1.54, 1.807) is 0 Å². The summed E-state index contributed by atoms with van der Waals surface area (Å²) in [6, 6.07) is 14.5. The Morgan fingerprint density at radius 2 is 1.84 bits per heavy atom. The van der Waals surface area contributed by atoms with Gasteiger partial charge in [-0.25, -0.2) is 4.98 Å². The maximum absolute atomic E-state index is 13.2. The van der Waals surface area contributed by atoms with Crippen molar-refractivity contribution in [2.45, 2.75) is 19.6 Å². The molecule has 25 heavy (non-hydrogen) atoms. The Morgan fingerprint density at radius 1 is 1.16 bits per heavy atom. The van der Waals surface area contributed by atoms with Crippen LogP contribution in [-0.4, -0.2) is 9.55 Å². The van der Waals surface area contributed by atoms with Gasteiger partial charge in [0.25, 0.3) is 0 Å². The molecule has 126 valence electrons. The van der Waals surface area contributed by atoms with E-state index in [0.717, 1.165) is 11.6 Å². The van der Waals surface area contributed by atoms with Gasteiger partial charge >= 0.3 is 6.18 Å². The van der Waals surface area contributed by atoms with Crippen LogP contribution in [0.5, 0.6) is 0 Å². The number of hydrogen-bond acceptors (Lipinski definition) is 2. The molecule has 0 aliphatic heterocycles. The smallest absolute Gasteiger partial charge is 0.324 e. The van der Waals surface area contributed by atoms with Gasteiger partial charge in [-0.1, -0.05) is 30.3 Å². The van der Waals surface area contributed by atoms with E-state index < -0.39 is 11.7 Å². The maximum atomic E-state index is 13.2. The van der Waals surface area contributed by atoms with Crippen LogP contribution in [0, 0.1) is 11.3 Å². The number of alkyl halides is 3. The molecule has 3 aromatic rings. The van der Waals surface area contributed by atoms with E-state index in [1.165, 1.54) is 24.3 Å². The van der Waals surface area contributed by atoms with Gasteiger partial charge < -0.3 is 4.57 Å². The Morgan fingerprint density at radius 3 is 2.52 bits per heavy atom. The fourth-order valence-electron chi connectivity index (χ4n) is 2.78. The molecule has 3 nitrogen and oxygen atoms in total. The Hall–Kier alpha value is -3.07. The van der Waals surface area contributed by atoms with Crippen molar-refractivity contribution >= 4 is 22.7 Å². The number of rotatable bonds is 3. The number of halogens is 3. The lowest BCUT2D eigenvalue weighted by Gasteiger charge is -2.10. The first-order valence-electron chi connectivity index (χ1n) is 7.69. The largest absolute Gasteiger partial charge is 0.416 e. The monoisotopic (exact) mass is 341 g/mol. The van der Waals surface area contributed by atoms with E-state index in [1.807, 2.05) is 41.8 Å². The summed E-state index contributed by atoms with van der Waals surface area (Å²) in [5.74, 6) is 0.364. The average molecular weight is 341 g/mol. The third-order valence-corrected chi connectivity index (χ3v) is 3.90. The van der Waals surface area contributed by atoms with E-state index in [2.05, 4.69) is 4.98 Å². The minimum absolute atomic E-state index is 0.0544. The second-order valence-electron chi connectivity index (χ2n) is 5.42. The van der Waals surface area contributed by atoms with Gasteiger partial charge in [0.05, 0.1) is 22.2 Å². The highest BCUT2D eigenvalue weighted by Gasteiger charge is 2.32. The number of fused-ring (bicyclic) bond motifs is 1. The maximum Gasteiger partial charge on any atom is 0.416 e. The van der Waals surface area contributed by atoms with Gasteiger partial charge in [0, 0.05) is 6.54 Å². The van der Waals surface area contributed by atoms with Crippen LogP contribution in [-0.2, 0) is 12.7 Å². The Labute approximate surface area is 142 Å². The predicted octanol–water partition coefficient (Wildman–Crippen LogP) is 5.14. The molecule has 0 amide bonds. The highest BCUT2D eigenvalue weighted by atomic mass is 19.4. The van der Waals surface area contributed by atoms with Crippen molar-refractivity contribution in [3.8, 4) is 6.07 Å². The summed E-state index contributed by atoms with van der Waals surface area (Å²) < 4.78 is 41.4. The van der Waals surface area contributed by atoms with Gasteiger partial charge in [-0.3, -0.25) is 0 Å². The SMILES string of the molecule is CCn1c(/C(C#N)=C/c2ccccc2C(F)(F)F)nc2ccccc21. The highest BCUT2D eigenvalue weighted by Crippen LogP contribution is 2.33. The molecule has 0 N–H and O–H groups in total. The molecule has 0 aliphatic carbocycles. The zero-order chi connectivity index (χ0) is 18.0. The summed E-state index contributed by atoms with van der Waals surface area (Å²) >= 11 is 0. The molecule has 0 saturated carbocycles. The van der Waals surface area contributed by atoms with Gasteiger partial charge in [0.15, 0.2) is 5.82 Å². The molecule has 0 spiro atoms. The van der Waals surface area contributed by atoms with Crippen LogP contribution in [0.1, 0.15) is 23.9 Å². The van der Waals surface area contributed by atoms with Crippen molar-refractivity contribution in [3.05, 3.63) is 65.5 Å². The van der Waals surface area contributed by atoms with Crippen molar-refractivity contribution in [2.24, 2.45) is 0 Å².